The molecule has 1 heterocycles. The van der Waals surface area contributed by atoms with Crippen LogP contribution in [0.1, 0.15) is 12.8 Å². The van der Waals surface area contributed by atoms with E-state index in [-0.39, 0.29) is 18.2 Å². The summed E-state index contributed by atoms with van der Waals surface area (Å²) < 4.78 is 23.7. The minimum Gasteiger partial charge on any atom is -0.397 e. The van der Waals surface area contributed by atoms with Crippen LogP contribution in [0.4, 0.5) is 15.8 Å². The number of hydrogen-bond donors (Lipinski definition) is 2. The number of ether oxygens (including phenoxy) is 2. The summed E-state index contributed by atoms with van der Waals surface area (Å²) in [5.74, 6) is -0.345. The van der Waals surface area contributed by atoms with Gasteiger partial charge in [0.05, 0.1) is 18.0 Å². The fraction of sp³-hybridized carbons (Fsp3) is 0.500. The van der Waals surface area contributed by atoms with Gasteiger partial charge in [-0.05, 0) is 37.0 Å². The van der Waals surface area contributed by atoms with Crippen molar-refractivity contribution in [1.29, 1.82) is 0 Å². The Kier molecular flexibility index (Phi) is 5.31. The molecule has 0 aromatic heterocycles. The lowest BCUT2D eigenvalue weighted by Gasteiger charge is -2.21. The van der Waals surface area contributed by atoms with Gasteiger partial charge in [-0.3, -0.25) is 4.79 Å². The summed E-state index contributed by atoms with van der Waals surface area (Å²) in [4.78, 5) is 11.7. The zero-order chi connectivity index (χ0) is 14.4. The number of benzene rings is 1. The molecular weight excluding hydrogens is 263 g/mol. The summed E-state index contributed by atoms with van der Waals surface area (Å²) in [5, 5.41) is 2.54. The first-order valence-electron chi connectivity index (χ1n) is 6.65. The van der Waals surface area contributed by atoms with Crippen LogP contribution in [-0.2, 0) is 14.3 Å². The van der Waals surface area contributed by atoms with Crippen LogP contribution < -0.4 is 11.1 Å². The number of amides is 1. The van der Waals surface area contributed by atoms with Gasteiger partial charge in [0.1, 0.15) is 12.4 Å². The first-order valence-corrected chi connectivity index (χ1v) is 6.65. The molecule has 1 aliphatic heterocycles. The van der Waals surface area contributed by atoms with Crippen molar-refractivity contribution >= 4 is 17.3 Å². The van der Waals surface area contributed by atoms with Crippen LogP contribution in [0.25, 0.3) is 0 Å². The zero-order valence-corrected chi connectivity index (χ0v) is 11.2. The highest BCUT2D eigenvalue weighted by atomic mass is 19.1. The summed E-state index contributed by atoms with van der Waals surface area (Å²) in [6.07, 6.45) is 1.91. The Bertz CT molecular complexity index is 462. The highest BCUT2D eigenvalue weighted by Gasteiger charge is 2.14. The Morgan fingerprint density at radius 1 is 1.45 bits per heavy atom. The Balaban J connectivity index is 1.73. The lowest BCUT2D eigenvalue weighted by atomic mass is 10.0. The number of halogens is 1. The molecule has 1 saturated heterocycles. The number of hydrogen-bond acceptors (Lipinski definition) is 4. The predicted molar refractivity (Wildman–Crippen MR) is 73.8 cm³/mol. The lowest BCUT2D eigenvalue weighted by Crippen LogP contribution is -2.24. The molecule has 1 fully saturated rings. The van der Waals surface area contributed by atoms with Crippen molar-refractivity contribution < 1.29 is 18.7 Å². The van der Waals surface area contributed by atoms with E-state index in [4.69, 9.17) is 15.2 Å². The molecule has 5 nitrogen and oxygen atoms in total. The molecule has 0 unspecified atom stereocenters. The summed E-state index contributed by atoms with van der Waals surface area (Å²) >= 11 is 0. The number of nitrogens with two attached hydrogens (primary N) is 1. The Labute approximate surface area is 117 Å². The third kappa shape index (κ3) is 4.47. The van der Waals surface area contributed by atoms with E-state index in [0.29, 0.717) is 18.2 Å². The molecule has 0 aliphatic carbocycles. The molecule has 0 atom stereocenters. The maximum Gasteiger partial charge on any atom is 0.250 e. The van der Waals surface area contributed by atoms with Gasteiger partial charge < -0.3 is 20.5 Å². The molecule has 2 rings (SSSR count). The SMILES string of the molecule is Nc1ccc(F)cc1NC(=O)COCC1CCOCC1. The van der Waals surface area contributed by atoms with Crippen molar-refractivity contribution in [3.8, 4) is 0 Å². The van der Waals surface area contributed by atoms with E-state index in [1.807, 2.05) is 0 Å². The van der Waals surface area contributed by atoms with Crippen LogP contribution in [0.15, 0.2) is 18.2 Å². The van der Waals surface area contributed by atoms with Gasteiger partial charge in [-0.25, -0.2) is 4.39 Å². The fourth-order valence-corrected chi connectivity index (χ4v) is 2.05. The monoisotopic (exact) mass is 282 g/mol. The van der Waals surface area contributed by atoms with Crippen LogP contribution in [0.5, 0.6) is 0 Å². The van der Waals surface area contributed by atoms with Gasteiger partial charge in [-0.15, -0.1) is 0 Å². The van der Waals surface area contributed by atoms with Gasteiger partial charge >= 0.3 is 0 Å². The third-order valence-electron chi connectivity index (χ3n) is 3.22. The Hall–Kier alpha value is -1.66. The second-order valence-electron chi connectivity index (χ2n) is 4.85. The first kappa shape index (κ1) is 14.7. The molecule has 1 aromatic rings. The molecule has 1 aliphatic rings. The number of nitrogen functional groups attached to an aromatic ring is 1. The van der Waals surface area contributed by atoms with Gasteiger partial charge in [-0.1, -0.05) is 0 Å². The number of carbonyl (C=O) groups is 1. The minimum atomic E-state index is -0.447. The molecule has 0 spiro atoms. The highest BCUT2D eigenvalue weighted by Crippen LogP contribution is 2.19. The van der Waals surface area contributed by atoms with Crippen molar-refractivity contribution in [2.75, 3.05) is 37.5 Å². The molecule has 0 radical (unpaired) electrons. The normalized spacial score (nSPS) is 16.1. The van der Waals surface area contributed by atoms with Crippen LogP contribution in [-0.4, -0.2) is 32.3 Å². The number of carbonyl (C=O) groups excluding carboxylic acids is 1. The number of nitrogens with one attached hydrogen (secondary N) is 1. The summed E-state index contributed by atoms with van der Waals surface area (Å²) in [6.45, 7) is 1.98. The van der Waals surface area contributed by atoms with Crippen molar-refractivity contribution in [3.05, 3.63) is 24.0 Å². The van der Waals surface area contributed by atoms with Gasteiger partial charge in [0, 0.05) is 13.2 Å². The predicted octanol–water partition coefficient (Wildman–Crippen LogP) is 1.79. The fourth-order valence-electron chi connectivity index (χ4n) is 2.05. The van der Waals surface area contributed by atoms with Gasteiger partial charge in [-0.2, -0.15) is 0 Å². The largest absolute Gasteiger partial charge is 0.397 e. The van der Waals surface area contributed by atoms with E-state index in [0.717, 1.165) is 26.1 Å². The Morgan fingerprint density at radius 3 is 2.95 bits per heavy atom. The average molecular weight is 282 g/mol. The highest BCUT2D eigenvalue weighted by molar-refractivity contribution is 5.94. The molecule has 6 heteroatoms. The van der Waals surface area contributed by atoms with E-state index in [2.05, 4.69) is 5.32 Å². The smallest absolute Gasteiger partial charge is 0.250 e. The molecule has 0 saturated carbocycles. The maximum absolute atomic E-state index is 13.0. The van der Waals surface area contributed by atoms with Gasteiger partial charge in [0.15, 0.2) is 0 Å². The summed E-state index contributed by atoms with van der Waals surface area (Å²) in [6, 6.07) is 3.84. The zero-order valence-electron chi connectivity index (χ0n) is 11.2. The molecule has 110 valence electrons. The summed E-state index contributed by atoms with van der Waals surface area (Å²) in [5.41, 5.74) is 6.24. The van der Waals surface area contributed by atoms with E-state index in [9.17, 15) is 9.18 Å². The van der Waals surface area contributed by atoms with Gasteiger partial charge in [0.25, 0.3) is 0 Å². The number of anilines is 2. The van der Waals surface area contributed by atoms with Crippen molar-refractivity contribution in [3.63, 3.8) is 0 Å². The topological polar surface area (TPSA) is 73.6 Å². The van der Waals surface area contributed by atoms with Crippen LogP contribution in [0, 0.1) is 11.7 Å². The number of rotatable bonds is 5. The van der Waals surface area contributed by atoms with E-state index >= 15 is 0 Å². The average Bonchev–Trinajstić information content (AvgIpc) is 2.44. The quantitative estimate of drug-likeness (QED) is 0.807. The van der Waals surface area contributed by atoms with E-state index in [1.165, 1.54) is 18.2 Å². The summed E-state index contributed by atoms with van der Waals surface area (Å²) in [7, 11) is 0. The maximum atomic E-state index is 13.0. The van der Waals surface area contributed by atoms with Gasteiger partial charge in [0.2, 0.25) is 5.91 Å². The van der Waals surface area contributed by atoms with Crippen molar-refractivity contribution in [2.24, 2.45) is 5.92 Å². The standard InChI is InChI=1S/C14H19FN2O3/c15-11-1-2-12(16)13(7-11)17-14(18)9-20-8-10-3-5-19-6-4-10/h1-2,7,10H,3-6,8-9,16H2,(H,17,18). The van der Waals surface area contributed by atoms with Crippen molar-refractivity contribution in [1.82, 2.24) is 0 Å². The van der Waals surface area contributed by atoms with E-state index < -0.39 is 5.82 Å². The molecule has 20 heavy (non-hydrogen) atoms. The second kappa shape index (κ2) is 7.21. The van der Waals surface area contributed by atoms with E-state index in [1.54, 1.807) is 0 Å². The third-order valence-corrected chi connectivity index (χ3v) is 3.22. The molecule has 1 amide bonds. The molecule has 1 aromatic carbocycles. The van der Waals surface area contributed by atoms with Crippen molar-refractivity contribution in [2.45, 2.75) is 12.8 Å². The first-order chi connectivity index (χ1) is 9.65. The van der Waals surface area contributed by atoms with Crippen LogP contribution >= 0.6 is 0 Å². The molecular formula is C14H19FN2O3. The molecule has 0 bridgehead atoms. The second-order valence-corrected chi connectivity index (χ2v) is 4.85. The molecule has 3 N–H and O–H groups in total. The Morgan fingerprint density at radius 2 is 2.20 bits per heavy atom. The lowest BCUT2D eigenvalue weighted by molar-refractivity contribution is -0.121. The van der Waals surface area contributed by atoms with Crippen LogP contribution in [0.2, 0.25) is 0 Å². The van der Waals surface area contributed by atoms with Crippen LogP contribution in [0.3, 0.4) is 0 Å². The minimum absolute atomic E-state index is 0.0622.